The van der Waals surface area contributed by atoms with Gasteiger partial charge in [0.05, 0.1) is 12.8 Å². The summed E-state index contributed by atoms with van der Waals surface area (Å²) in [7, 11) is 1.65. The largest absolute Gasteiger partial charge is 0.496 e. The third-order valence-electron chi connectivity index (χ3n) is 5.69. The van der Waals surface area contributed by atoms with Crippen LogP contribution < -0.4 is 15.0 Å². The summed E-state index contributed by atoms with van der Waals surface area (Å²) in [6.45, 7) is 0. The number of fused-ring (bicyclic) bond motifs is 1. The van der Waals surface area contributed by atoms with Crippen molar-refractivity contribution in [3.05, 3.63) is 101 Å². The SMILES string of the molecule is COc1ccccc1C1=CC(c2ccccc2Cl)N=C(Nc2nc3ccccc3o2)N1c1nncs1. The molecule has 3 heterocycles. The molecular formula is C26H19ClN6O2S. The van der Waals surface area contributed by atoms with Gasteiger partial charge in [0.2, 0.25) is 11.1 Å². The summed E-state index contributed by atoms with van der Waals surface area (Å²) in [6.07, 6.45) is 2.04. The molecule has 3 aromatic carbocycles. The highest BCUT2D eigenvalue weighted by molar-refractivity contribution is 7.13. The van der Waals surface area contributed by atoms with Crippen LogP contribution in [-0.2, 0) is 0 Å². The minimum Gasteiger partial charge on any atom is -0.496 e. The maximum absolute atomic E-state index is 6.60. The number of ether oxygens (including phenoxy) is 1. The van der Waals surface area contributed by atoms with Crippen LogP contribution in [0.2, 0.25) is 5.02 Å². The summed E-state index contributed by atoms with van der Waals surface area (Å²) in [5.74, 6) is 1.17. The quantitative estimate of drug-likeness (QED) is 0.290. The van der Waals surface area contributed by atoms with Crippen molar-refractivity contribution in [3.8, 4) is 5.75 Å². The highest BCUT2D eigenvalue weighted by Crippen LogP contribution is 2.40. The van der Waals surface area contributed by atoms with Gasteiger partial charge in [0, 0.05) is 10.6 Å². The first kappa shape index (κ1) is 22.3. The maximum Gasteiger partial charge on any atom is 0.302 e. The minimum atomic E-state index is -0.394. The van der Waals surface area contributed by atoms with Crippen molar-refractivity contribution in [1.82, 2.24) is 15.2 Å². The van der Waals surface area contributed by atoms with Gasteiger partial charge in [-0.25, -0.2) is 4.99 Å². The number of aromatic nitrogens is 3. The number of anilines is 2. The Hall–Kier alpha value is -4.21. The zero-order valence-electron chi connectivity index (χ0n) is 19.0. The van der Waals surface area contributed by atoms with E-state index in [1.807, 2.05) is 83.8 Å². The van der Waals surface area contributed by atoms with Crippen LogP contribution in [0.15, 0.2) is 93.8 Å². The Morgan fingerprint density at radius 3 is 2.64 bits per heavy atom. The maximum atomic E-state index is 6.60. The Labute approximate surface area is 215 Å². The number of hydrogen-bond acceptors (Lipinski definition) is 9. The fourth-order valence-corrected chi connectivity index (χ4v) is 4.89. The van der Waals surface area contributed by atoms with Crippen LogP contribution in [0.5, 0.6) is 5.75 Å². The second-order valence-electron chi connectivity index (χ2n) is 7.84. The molecule has 8 nitrogen and oxygen atoms in total. The average Bonchev–Trinajstić information content (AvgIpc) is 3.58. The molecule has 1 atom stereocenters. The van der Waals surface area contributed by atoms with Crippen molar-refractivity contribution in [3.63, 3.8) is 0 Å². The summed E-state index contributed by atoms with van der Waals surface area (Å²) >= 11 is 7.98. The molecule has 0 aliphatic carbocycles. The summed E-state index contributed by atoms with van der Waals surface area (Å²) < 4.78 is 11.7. The van der Waals surface area contributed by atoms with E-state index >= 15 is 0 Å². The minimum absolute atomic E-state index is 0.309. The lowest BCUT2D eigenvalue weighted by Gasteiger charge is -2.32. The number of methoxy groups -OCH3 is 1. The molecule has 5 aromatic rings. The number of aliphatic imine (C=N–C) groups is 1. The van der Waals surface area contributed by atoms with Gasteiger partial charge in [-0.1, -0.05) is 65.4 Å². The Morgan fingerprint density at radius 2 is 1.83 bits per heavy atom. The van der Waals surface area contributed by atoms with E-state index in [9.17, 15) is 0 Å². The Balaban J connectivity index is 1.53. The normalized spacial score (nSPS) is 15.5. The first-order valence-corrected chi connectivity index (χ1v) is 12.3. The molecule has 1 N–H and O–H groups in total. The number of nitrogens with zero attached hydrogens (tertiary/aromatic N) is 5. The number of guanidine groups is 1. The van der Waals surface area contributed by atoms with E-state index in [1.54, 1.807) is 12.6 Å². The standard InChI is InChI=1S/C26H19ClN6O2S/c1-34-22-12-6-3-9-17(22)21-14-20(16-8-2-4-10-18(16)27)29-24(33(21)26-32-28-15-36-26)31-25-30-19-11-5-7-13-23(19)35-25/h2-15,20H,1H3,(H,29,30,31). The average molecular weight is 515 g/mol. The van der Waals surface area contributed by atoms with Gasteiger partial charge in [-0.2, -0.15) is 4.98 Å². The van der Waals surface area contributed by atoms with Gasteiger partial charge in [0.1, 0.15) is 22.8 Å². The molecule has 0 bridgehead atoms. The molecular weight excluding hydrogens is 496 g/mol. The van der Waals surface area contributed by atoms with Crippen molar-refractivity contribution in [1.29, 1.82) is 0 Å². The van der Waals surface area contributed by atoms with Crippen LogP contribution >= 0.6 is 22.9 Å². The molecule has 2 aromatic heterocycles. The van der Waals surface area contributed by atoms with Crippen molar-refractivity contribution >= 4 is 56.8 Å². The van der Waals surface area contributed by atoms with Crippen LogP contribution in [0.1, 0.15) is 17.2 Å². The fraction of sp³-hybridized carbons (Fsp3) is 0.0769. The van der Waals surface area contributed by atoms with E-state index in [1.165, 1.54) is 11.3 Å². The van der Waals surface area contributed by atoms with Gasteiger partial charge in [0.15, 0.2) is 5.58 Å². The Bertz CT molecular complexity index is 1560. The summed E-state index contributed by atoms with van der Waals surface area (Å²) in [6, 6.07) is 22.9. The number of oxazole rings is 1. The van der Waals surface area contributed by atoms with Crippen molar-refractivity contribution < 1.29 is 9.15 Å². The summed E-state index contributed by atoms with van der Waals surface area (Å²) in [5.41, 5.74) is 5.61. The fourth-order valence-electron chi connectivity index (χ4n) is 4.07. The lowest BCUT2D eigenvalue weighted by Crippen LogP contribution is -2.38. The third kappa shape index (κ3) is 4.08. The van der Waals surface area contributed by atoms with Crippen molar-refractivity contribution in [2.45, 2.75) is 6.04 Å². The van der Waals surface area contributed by atoms with Gasteiger partial charge in [0.25, 0.3) is 0 Å². The molecule has 178 valence electrons. The highest BCUT2D eigenvalue weighted by atomic mass is 35.5. The number of benzene rings is 3. The third-order valence-corrected chi connectivity index (χ3v) is 6.71. The topological polar surface area (TPSA) is 88.7 Å². The summed E-state index contributed by atoms with van der Waals surface area (Å²) in [5, 5.41) is 12.9. The zero-order chi connectivity index (χ0) is 24.5. The van der Waals surface area contributed by atoms with Gasteiger partial charge in [-0.05, 0) is 42.0 Å². The number of nitrogens with one attached hydrogen (secondary N) is 1. The van der Waals surface area contributed by atoms with Crippen LogP contribution in [-0.4, -0.2) is 28.3 Å². The second kappa shape index (κ2) is 9.44. The smallest absolute Gasteiger partial charge is 0.302 e. The lowest BCUT2D eigenvalue weighted by molar-refractivity contribution is 0.413. The monoisotopic (exact) mass is 514 g/mol. The van der Waals surface area contributed by atoms with E-state index in [2.05, 4.69) is 20.5 Å². The molecule has 0 radical (unpaired) electrons. The molecule has 0 fully saturated rings. The predicted octanol–water partition coefficient (Wildman–Crippen LogP) is 6.41. The lowest BCUT2D eigenvalue weighted by atomic mass is 10.0. The molecule has 0 saturated carbocycles. The number of rotatable bonds is 5. The molecule has 10 heteroatoms. The van der Waals surface area contributed by atoms with E-state index < -0.39 is 6.04 Å². The number of para-hydroxylation sites is 3. The number of hydrogen-bond donors (Lipinski definition) is 1. The molecule has 1 aliphatic rings. The van der Waals surface area contributed by atoms with Gasteiger partial charge in [-0.3, -0.25) is 10.2 Å². The Morgan fingerprint density at radius 1 is 1.03 bits per heavy atom. The van der Waals surface area contributed by atoms with E-state index in [-0.39, 0.29) is 0 Å². The van der Waals surface area contributed by atoms with E-state index in [4.69, 9.17) is 25.7 Å². The van der Waals surface area contributed by atoms with Crippen LogP contribution in [0.25, 0.3) is 16.8 Å². The van der Waals surface area contributed by atoms with Crippen molar-refractivity contribution in [2.24, 2.45) is 4.99 Å². The first-order chi connectivity index (χ1) is 17.7. The Kier molecular flexibility index (Phi) is 5.84. The molecule has 0 amide bonds. The van der Waals surface area contributed by atoms with Gasteiger partial charge in [-0.15, -0.1) is 10.2 Å². The molecule has 1 unspecified atom stereocenters. The number of halogens is 1. The van der Waals surface area contributed by atoms with Crippen LogP contribution in [0, 0.1) is 0 Å². The van der Waals surface area contributed by atoms with Gasteiger partial charge < -0.3 is 9.15 Å². The molecule has 1 aliphatic heterocycles. The molecule has 0 saturated heterocycles. The first-order valence-electron chi connectivity index (χ1n) is 11.1. The second-order valence-corrected chi connectivity index (χ2v) is 9.06. The van der Waals surface area contributed by atoms with Crippen molar-refractivity contribution in [2.75, 3.05) is 17.3 Å². The van der Waals surface area contributed by atoms with E-state index in [0.29, 0.717) is 33.5 Å². The molecule has 36 heavy (non-hydrogen) atoms. The predicted molar refractivity (Wildman–Crippen MR) is 143 cm³/mol. The highest BCUT2D eigenvalue weighted by Gasteiger charge is 2.32. The molecule has 0 spiro atoms. The zero-order valence-corrected chi connectivity index (χ0v) is 20.6. The van der Waals surface area contributed by atoms with Crippen LogP contribution in [0.3, 0.4) is 0 Å². The van der Waals surface area contributed by atoms with E-state index in [0.717, 1.165) is 22.3 Å². The van der Waals surface area contributed by atoms with Crippen LogP contribution in [0.4, 0.5) is 11.1 Å². The van der Waals surface area contributed by atoms with Gasteiger partial charge >= 0.3 is 6.01 Å². The molecule has 6 rings (SSSR count). The summed E-state index contributed by atoms with van der Waals surface area (Å²) in [4.78, 5) is 11.5.